The Morgan fingerprint density at radius 3 is 3.00 bits per heavy atom. The van der Waals surface area contributed by atoms with Gasteiger partial charge in [0, 0.05) is 0 Å². The van der Waals surface area contributed by atoms with Crippen molar-refractivity contribution in [1.29, 1.82) is 0 Å². The normalized spacial score (nSPS) is 12.6. The number of hydrogen-bond acceptors (Lipinski definition) is 4. The maximum atomic E-state index is 9.36. The van der Waals surface area contributed by atoms with Gasteiger partial charge in [0.1, 0.15) is 5.75 Å². The first-order chi connectivity index (χ1) is 8.19. The predicted molar refractivity (Wildman–Crippen MR) is 64.5 cm³/mol. The molecule has 0 aliphatic rings. The van der Waals surface area contributed by atoms with Gasteiger partial charge in [-0.1, -0.05) is 24.3 Å². The van der Waals surface area contributed by atoms with Crippen molar-refractivity contribution in [2.24, 2.45) is 5.73 Å². The largest absolute Gasteiger partial charge is 0.508 e. The zero-order valence-corrected chi connectivity index (χ0v) is 9.74. The van der Waals surface area contributed by atoms with Gasteiger partial charge in [-0.05, 0) is 24.1 Å². The van der Waals surface area contributed by atoms with Gasteiger partial charge in [0.25, 0.3) is 0 Å². The molecule has 2 aromatic rings. The first-order valence-corrected chi connectivity index (χ1v) is 5.62. The van der Waals surface area contributed by atoms with E-state index in [1.165, 1.54) is 0 Å². The minimum Gasteiger partial charge on any atom is -0.508 e. The van der Waals surface area contributed by atoms with Gasteiger partial charge in [-0.25, -0.2) is 4.68 Å². The third-order valence-corrected chi connectivity index (χ3v) is 2.63. The Hall–Kier alpha value is -1.88. The van der Waals surface area contributed by atoms with Crippen LogP contribution in [0, 0.1) is 0 Å². The molecule has 0 saturated heterocycles. The van der Waals surface area contributed by atoms with Crippen LogP contribution in [0.3, 0.4) is 0 Å². The number of rotatable bonds is 4. The second-order valence-corrected chi connectivity index (χ2v) is 4.03. The molecule has 0 spiro atoms. The smallest absolute Gasteiger partial charge is 0.115 e. The fourth-order valence-corrected chi connectivity index (χ4v) is 1.61. The Bertz CT molecular complexity index is 495. The van der Waals surface area contributed by atoms with E-state index < -0.39 is 0 Å². The average molecular weight is 232 g/mol. The number of hydrogen-bond donors (Lipinski definition) is 2. The summed E-state index contributed by atoms with van der Waals surface area (Å²) in [5, 5.41) is 17.4. The number of nitrogens with two attached hydrogens (primary N) is 1. The lowest BCUT2D eigenvalue weighted by Gasteiger charge is -2.03. The van der Waals surface area contributed by atoms with Gasteiger partial charge in [-0.3, -0.25) is 0 Å². The standard InChI is InChI=1S/C12H16N4O/c1-2-11(13)12-8-16(15-14-12)7-9-4-3-5-10(17)6-9/h3-6,8,11,17H,2,7,13H2,1H3. The fourth-order valence-electron chi connectivity index (χ4n) is 1.61. The molecule has 17 heavy (non-hydrogen) atoms. The summed E-state index contributed by atoms with van der Waals surface area (Å²) in [5.74, 6) is 0.257. The molecular weight excluding hydrogens is 216 g/mol. The highest BCUT2D eigenvalue weighted by molar-refractivity contribution is 5.27. The van der Waals surface area contributed by atoms with E-state index in [-0.39, 0.29) is 11.8 Å². The van der Waals surface area contributed by atoms with Crippen LogP contribution in [0.25, 0.3) is 0 Å². The van der Waals surface area contributed by atoms with Crippen molar-refractivity contribution >= 4 is 0 Å². The molecule has 0 saturated carbocycles. The van der Waals surface area contributed by atoms with E-state index in [2.05, 4.69) is 10.3 Å². The number of phenolic OH excluding ortho intramolecular Hbond substituents is 1. The molecule has 1 atom stereocenters. The van der Waals surface area contributed by atoms with Crippen LogP contribution in [0.15, 0.2) is 30.5 Å². The van der Waals surface area contributed by atoms with Crippen LogP contribution in [0.1, 0.15) is 30.6 Å². The van der Waals surface area contributed by atoms with E-state index >= 15 is 0 Å². The Morgan fingerprint density at radius 2 is 2.29 bits per heavy atom. The van der Waals surface area contributed by atoms with Gasteiger partial charge in [0.2, 0.25) is 0 Å². The molecule has 0 aliphatic heterocycles. The summed E-state index contributed by atoms with van der Waals surface area (Å²) in [6.45, 7) is 2.59. The van der Waals surface area contributed by atoms with Crippen molar-refractivity contribution in [1.82, 2.24) is 15.0 Å². The third kappa shape index (κ3) is 2.82. The van der Waals surface area contributed by atoms with Gasteiger partial charge in [0.05, 0.1) is 24.5 Å². The molecule has 0 bridgehead atoms. The SMILES string of the molecule is CCC(N)c1cn(Cc2cccc(O)c2)nn1. The molecule has 1 aromatic heterocycles. The van der Waals surface area contributed by atoms with Crippen LogP contribution >= 0.6 is 0 Å². The quantitative estimate of drug-likeness (QED) is 0.836. The summed E-state index contributed by atoms with van der Waals surface area (Å²) in [6.07, 6.45) is 2.68. The molecule has 2 rings (SSSR count). The average Bonchev–Trinajstić information content (AvgIpc) is 2.76. The monoisotopic (exact) mass is 232 g/mol. The number of benzene rings is 1. The maximum absolute atomic E-state index is 9.36. The molecule has 0 fully saturated rings. The minimum absolute atomic E-state index is 0.0621. The first-order valence-electron chi connectivity index (χ1n) is 5.62. The summed E-state index contributed by atoms with van der Waals surface area (Å²) >= 11 is 0. The lowest BCUT2D eigenvalue weighted by atomic mass is 10.2. The fraction of sp³-hybridized carbons (Fsp3) is 0.333. The second kappa shape index (κ2) is 4.97. The van der Waals surface area contributed by atoms with Crippen molar-refractivity contribution in [2.45, 2.75) is 25.9 Å². The van der Waals surface area contributed by atoms with Gasteiger partial charge < -0.3 is 10.8 Å². The molecule has 0 amide bonds. The van der Waals surface area contributed by atoms with E-state index in [0.717, 1.165) is 17.7 Å². The van der Waals surface area contributed by atoms with E-state index in [1.54, 1.807) is 22.9 Å². The van der Waals surface area contributed by atoms with Gasteiger partial charge in [0.15, 0.2) is 0 Å². The zero-order valence-electron chi connectivity index (χ0n) is 9.74. The zero-order chi connectivity index (χ0) is 12.3. The number of nitrogens with zero attached hydrogens (tertiary/aromatic N) is 3. The van der Waals surface area contributed by atoms with Crippen LogP contribution in [0.5, 0.6) is 5.75 Å². The molecule has 1 aromatic carbocycles. The molecule has 1 heterocycles. The highest BCUT2D eigenvalue weighted by Crippen LogP contribution is 2.13. The molecule has 0 aliphatic carbocycles. The highest BCUT2D eigenvalue weighted by Gasteiger charge is 2.08. The number of aromatic nitrogens is 3. The first kappa shape index (κ1) is 11.6. The van der Waals surface area contributed by atoms with Gasteiger partial charge >= 0.3 is 0 Å². The predicted octanol–water partition coefficient (Wildman–Crippen LogP) is 1.44. The molecule has 1 unspecified atom stereocenters. The number of aromatic hydroxyl groups is 1. The van der Waals surface area contributed by atoms with Crippen LogP contribution in [-0.2, 0) is 6.54 Å². The summed E-state index contributed by atoms with van der Waals surface area (Å²) in [5.41, 5.74) is 7.65. The summed E-state index contributed by atoms with van der Waals surface area (Å²) in [6, 6.07) is 7.03. The lowest BCUT2D eigenvalue weighted by molar-refractivity contribution is 0.474. The van der Waals surface area contributed by atoms with Gasteiger partial charge in [-0.15, -0.1) is 5.10 Å². The van der Waals surface area contributed by atoms with Crippen molar-refractivity contribution in [3.05, 3.63) is 41.7 Å². The minimum atomic E-state index is -0.0621. The molecule has 5 nitrogen and oxygen atoms in total. The Labute approximate surface area is 99.9 Å². The summed E-state index contributed by atoms with van der Waals surface area (Å²) in [7, 11) is 0. The maximum Gasteiger partial charge on any atom is 0.115 e. The third-order valence-electron chi connectivity index (χ3n) is 2.63. The van der Waals surface area contributed by atoms with Crippen molar-refractivity contribution in [2.75, 3.05) is 0 Å². The second-order valence-electron chi connectivity index (χ2n) is 4.03. The Morgan fingerprint density at radius 1 is 1.47 bits per heavy atom. The lowest BCUT2D eigenvalue weighted by Crippen LogP contribution is -2.08. The van der Waals surface area contributed by atoms with Crippen molar-refractivity contribution in [3.63, 3.8) is 0 Å². The van der Waals surface area contributed by atoms with Crippen LogP contribution < -0.4 is 5.73 Å². The molecular formula is C12H16N4O. The topological polar surface area (TPSA) is 77.0 Å². The Balaban J connectivity index is 2.11. The van der Waals surface area contributed by atoms with Crippen LogP contribution in [-0.4, -0.2) is 20.1 Å². The summed E-state index contributed by atoms with van der Waals surface area (Å²) in [4.78, 5) is 0. The molecule has 0 radical (unpaired) electrons. The van der Waals surface area contributed by atoms with Crippen molar-refractivity contribution < 1.29 is 5.11 Å². The highest BCUT2D eigenvalue weighted by atomic mass is 16.3. The van der Waals surface area contributed by atoms with E-state index in [1.807, 2.05) is 19.2 Å². The van der Waals surface area contributed by atoms with Gasteiger partial charge in [-0.2, -0.15) is 0 Å². The number of phenols is 1. The van der Waals surface area contributed by atoms with Crippen LogP contribution in [0.2, 0.25) is 0 Å². The molecule has 90 valence electrons. The Kier molecular flexibility index (Phi) is 3.39. The van der Waals surface area contributed by atoms with E-state index in [4.69, 9.17) is 5.73 Å². The van der Waals surface area contributed by atoms with Crippen LogP contribution in [0.4, 0.5) is 0 Å². The van der Waals surface area contributed by atoms with E-state index in [9.17, 15) is 5.11 Å². The van der Waals surface area contributed by atoms with Crippen molar-refractivity contribution in [3.8, 4) is 5.75 Å². The summed E-state index contributed by atoms with van der Waals surface area (Å²) < 4.78 is 1.72. The molecule has 3 N–H and O–H groups in total. The molecule has 5 heteroatoms. The van der Waals surface area contributed by atoms with E-state index in [0.29, 0.717) is 6.54 Å².